The molecule has 0 saturated carbocycles. The maximum absolute atomic E-state index is 11.8. The fourth-order valence-corrected chi connectivity index (χ4v) is 3.55. The Kier molecular flexibility index (Phi) is 7.32. The van der Waals surface area contributed by atoms with Crippen molar-refractivity contribution in [1.29, 1.82) is 0 Å². The highest BCUT2D eigenvalue weighted by Gasteiger charge is 2.29. The number of thiol groups is 1. The molecule has 16 heavy (non-hydrogen) atoms. The molecule has 0 bridgehead atoms. The molecule has 1 fully saturated rings. The van der Waals surface area contributed by atoms with E-state index >= 15 is 0 Å². The number of hydrogen-bond acceptors (Lipinski definition) is 4. The van der Waals surface area contributed by atoms with Gasteiger partial charge in [-0.2, -0.15) is 24.4 Å². The van der Waals surface area contributed by atoms with Gasteiger partial charge in [0, 0.05) is 29.2 Å². The number of carbonyl (C=O) groups excluding carboxylic acids is 1. The van der Waals surface area contributed by atoms with Crippen LogP contribution in [-0.2, 0) is 4.79 Å². The van der Waals surface area contributed by atoms with Crippen LogP contribution in [0.15, 0.2) is 0 Å². The van der Waals surface area contributed by atoms with E-state index in [0.29, 0.717) is 5.25 Å². The second-order valence-electron chi connectivity index (χ2n) is 4.21. The summed E-state index contributed by atoms with van der Waals surface area (Å²) in [7, 11) is 0. The summed E-state index contributed by atoms with van der Waals surface area (Å²) in [4.78, 5) is 11.8. The molecule has 0 aliphatic carbocycles. The van der Waals surface area contributed by atoms with E-state index < -0.39 is 0 Å². The predicted molar refractivity (Wildman–Crippen MR) is 74.1 cm³/mol. The Bertz CT molecular complexity index is 214. The van der Waals surface area contributed by atoms with Crippen LogP contribution >= 0.6 is 24.4 Å². The molecule has 0 aromatic carbocycles. The molecule has 5 heteroatoms. The van der Waals surface area contributed by atoms with Gasteiger partial charge in [0.25, 0.3) is 0 Å². The van der Waals surface area contributed by atoms with Gasteiger partial charge >= 0.3 is 0 Å². The van der Waals surface area contributed by atoms with Gasteiger partial charge in [-0.05, 0) is 25.8 Å². The van der Waals surface area contributed by atoms with Crippen LogP contribution < -0.4 is 11.1 Å². The van der Waals surface area contributed by atoms with E-state index in [1.165, 1.54) is 0 Å². The summed E-state index contributed by atoms with van der Waals surface area (Å²) in [5.41, 5.74) is 5.40. The minimum atomic E-state index is 0.205. The molecule has 0 aromatic rings. The topological polar surface area (TPSA) is 55.1 Å². The minimum Gasteiger partial charge on any atom is -0.356 e. The van der Waals surface area contributed by atoms with Crippen molar-refractivity contribution < 1.29 is 4.79 Å². The van der Waals surface area contributed by atoms with Crippen LogP contribution in [0, 0.1) is 5.92 Å². The predicted octanol–water partition coefficient (Wildman–Crippen LogP) is 1.28. The molecule has 1 heterocycles. The lowest BCUT2D eigenvalue weighted by atomic mass is 10.1. The molecule has 3 nitrogen and oxygen atoms in total. The summed E-state index contributed by atoms with van der Waals surface area (Å²) in [6.45, 7) is 1.54. The quantitative estimate of drug-likeness (QED) is 0.478. The van der Waals surface area contributed by atoms with Gasteiger partial charge in [0.15, 0.2) is 0 Å². The molecule has 1 aliphatic heterocycles. The number of nitrogens with two attached hydrogens (primary N) is 1. The number of rotatable bonds is 7. The van der Waals surface area contributed by atoms with Gasteiger partial charge in [0.05, 0.1) is 0 Å². The van der Waals surface area contributed by atoms with Gasteiger partial charge in [0.1, 0.15) is 0 Å². The molecule has 0 aromatic heterocycles. The van der Waals surface area contributed by atoms with Crippen molar-refractivity contribution in [2.75, 3.05) is 24.6 Å². The van der Waals surface area contributed by atoms with E-state index in [1.807, 2.05) is 11.8 Å². The van der Waals surface area contributed by atoms with E-state index in [-0.39, 0.29) is 11.8 Å². The summed E-state index contributed by atoms with van der Waals surface area (Å²) in [6.07, 6.45) is 4.19. The third kappa shape index (κ3) is 4.97. The zero-order valence-electron chi connectivity index (χ0n) is 9.65. The molecular formula is C11H22N2OS2. The van der Waals surface area contributed by atoms with E-state index in [1.54, 1.807) is 0 Å². The molecule has 94 valence electrons. The lowest BCUT2D eigenvalue weighted by molar-refractivity contribution is -0.124. The van der Waals surface area contributed by atoms with Crippen molar-refractivity contribution in [3.8, 4) is 0 Å². The first-order valence-electron chi connectivity index (χ1n) is 5.98. The van der Waals surface area contributed by atoms with Crippen molar-refractivity contribution in [3.05, 3.63) is 0 Å². The monoisotopic (exact) mass is 262 g/mol. The van der Waals surface area contributed by atoms with E-state index in [4.69, 9.17) is 5.73 Å². The van der Waals surface area contributed by atoms with Crippen molar-refractivity contribution in [3.63, 3.8) is 0 Å². The van der Waals surface area contributed by atoms with Gasteiger partial charge in [-0.15, -0.1) is 0 Å². The highest BCUT2D eigenvalue weighted by Crippen LogP contribution is 2.31. The van der Waals surface area contributed by atoms with Gasteiger partial charge in [0.2, 0.25) is 5.91 Å². The second-order valence-corrected chi connectivity index (χ2v) is 5.91. The Hall–Kier alpha value is 0.130. The lowest BCUT2D eigenvalue weighted by Crippen LogP contribution is -2.31. The Labute approximate surface area is 108 Å². The van der Waals surface area contributed by atoms with Crippen molar-refractivity contribution in [1.82, 2.24) is 5.32 Å². The van der Waals surface area contributed by atoms with E-state index in [0.717, 1.165) is 50.3 Å². The fourth-order valence-electron chi connectivity index (χ4n) is 1.82. The van der Waals surface area contributed by atoms with Crippen LogP contribution in [0.4, 0.5) is 0 Å². The number of thioether (sulfide) groups is 1. The van der Waals surface area contributed by atoms with Crippen LogP contribution in [0.3, 0.4) is 0 Å². The largest absolute Gasteiger partial charge is 0.356 e. The Balaban J connectivity index is 2.06. The molecule has 1 amide bonds. The number of carbonyl (C=O) groups is 1. The second kappa shape index (κ2) is 8.25. The molecule has 3 N–H and O–H groups in total. The summed E-state index contributed by atoms with van der Waals surface area (Å²) in [6, 6.07) is 0. The van der Waals surface area contributed by atoms with E-state index in [2.05, 4.69) is 17.9 Å². The number of nitrogens with one attached hydrogen (secondary N) is 1. The maximum atomic E-state index is 11.8. The normalized spacial score (nSPS) is 24.6. The zero-order valence-corrected chi connectivity index (χ0v) is 11.4. The zero-order chi connectivity index (χ0) is 11.8. The smallest absolute Gasteiger partial charge is 0.223 e. The molecule has 0 spiro atoms. The maximum Gasteiger partial charge on any atom is 0.223 e. The fraction of sp³-hybridized carbons (Fsp3) is 0.909. The van der Waals surface area contributed by atoms with Gasteiger partial charge in [-0.1, -0.05) is 6.42 Å². The Morgan fingerprint density at radius 3 is 2.88 bits per heavy atom. The number of unbranched alkanes of at least 4 members (excludes halogenated alkanes) is 2. The first-order chi connectivity index (χ1) is 7.77. The van der Waals surface area contributed by atoms with Gasteiger partial charge in [-0.25, -0.2) is 0 Å². The molecule has 2 atom stereocenters. The van der Waals surface area contributed by atoms with Crippen molar-refractivity contribution >= 4 is 30.3 Å². The van der Waals surface area contributed by atoms with Crippen LogP contribution in [0.5, 0.6) is 0 Å². The SMILES string of the molecule is NCCCCCNC(=O)[C@@H]1CS[C@@H](CS)C1. The van der Waals surface area contributed by atoms with Crippen LogP contribution in [0.25, 0.3) is 0 Å². The third-order valence-corrected chi connectivity index (χ3v) is 4.95. The summed E-state index contributed by atoms with van der Waals surface area (Å²) in [5, 5.41) is 3.58. The van der Waals surface area contributed by atoms with Crippen molar-refractivity contribution in [2.24, 2.45) is 11.7 Å². The van der Waals surface area contributed by atoms with Crippen LogP contribution in [0.2, 0.25) is 0 Å². The third-order valence-electron chi connectivity index (χ3n) is 2.84. The molecule has 1 aliphatic rings. The van der Waals surface area contributed by atoms with E-state index in [9.17, 15) is 4.79 Å². The Morgan fingerprint density at radius 2 is 2.25 bits per heavy atom. The highest BCUT2D eigenvalue weighted by molar-refractivity contribution is 8.00. The average Bonchev–Trinajstić information content (AvgIpc) is 2.77. The molecular weight excluding hydrogens is 240 g/mol. The number of hydrogen-bond donors (Lipinski definition) is 3. The summed E-state index contributed by atoms with van der Waals surface area (Å²) in [5.74, 6) is 2.27. The molecule has 0 radical (unpaired) electrons. The van der Waals surface area contributed by atoms with Crippen molar-refractivity contribution in [2.45, 2.75) is 30.9 Å². The van der Waals surface area contributed by atoms with Gasteiger partial charge < -0.3 is 11.1 Å². The molecule has 1 rings (SSSR count). The summed E-state index contributed by atoms with van der Waals surface area (Å²) < 4.78 is 0. The summed E-state index contributed by atoms with van der Waals surface area (Å²) >= 11 is 6.14. The lowest BCUT2D eigenvalue weighted by Gasteiger charge is -2.10. The highest BCUT2D eigenvalue weighted by atomic mass is 32.2. The standard InChI is InChI=1S/C11H22N2OS2/c12-4-2-1-3-5-13-11(14)9-6-10(7-15)16-8-9/h9-10,15H,1-8,12H2,(H,13,14)/t9-,10+/m0/s1. The average molecular weight is 262 g/mol. The first-order valence-corrected chi connectivity index (χ1v) is 7.66. The van der Waals surface area contributed by atoms with Gasteiger partial charge in [-0.3, -0.25) is 4.79 Å². The minimum absolute atomic E-state index is 0.205. The molecule has 1 saturated heterocycles. The Morgan fingerprint density at radius 1 is 1.44 bits per heavy atom. The van der Waals surface area contributed by atoms with Crippen LogP contribution in [-0.4, -0.2) is 35.8 Å². The number of amides is 1. The first kappa shape index (κ1) is 14.2. The van der Waals surface area contributed by atoms with Crippen LogP contribution in [0.1, 0.15) is 25.7 Å². The molecule has 0 unspecified atom stereocenters.